The molecule has 730 valence electrons. The van der Waals surface area contributed by atoms with Crippen LogP contribution in [0.3, 0.4) is 0 Å². The first-order valence-electron chi connectivity index (χ1n) is 51.6. The van der Waals surface area contributed by atoms with Crippen LogP contribution in [0.5, 0.6) is 0 Å². The van der Waals surface area contributed by atoms with Crippen LogP contribution in [0.4, 0.5) is 4.79 Å². The largest absolute Gasteiger partial charge is 4.00 e. The Morgan fingerprint density at radius 3 is 0.397 bits per heavy atom. The van der Waals surface area contributed by atoms with Gasteiger partial charge in [0.25, 0.3) is 0 Å². The number of hydrogen-bond donors (Lipinski definition) is 2. The maximum atomic E-state index is 12.3. The number of nitrogens with two attached hydrogens (primary N) is 1. The van der Waals surface area contributed by atoms with E-state index in [9.17, 15) is 19.6 Å². The van der Waals surface area contributed by atoms with E-state index in [1.807, 2.05) is 0 Å². The summed E-state index contributed by atoms with van der Waals surface area (Å²) in [6.07, 6.45) is 104. The third-order valence-electron chi connectivity index (χ3n) is 22.0. The van der Waals surface area contributed by atoms with Gasteiger partial charge in [0, 0.05) is 22.8 Å². The Labute approximate surface area is 807 Å². The maximum absolute atomic E-state index is 12.3. The molecule has 4 atom stereocenters. The monoisotopic (exact) mass is 2020 g/mol. The van der Waals surface area contributed by atoms with E-state index < -0.39 is 28.9 Å². The van der Waals surface area contributed by atoms with Gasteiger partial charge in [-0.2, -0.15) is 0 Å². The molecule has 0 aliphatic heterocycles. The number of rotatable bonds is 96. The fourth-order valence-corrected chi connectivity index (χ4v) is 27.8. The molecule has 0 rings (SSSR count). The van der Waals surface area contributed by atoms with Crippen molar-refractivity contribution < 1.29 is 68.6 Å². The number of hydrogen-bond acceptors (Lipinski definition) is 17. The van der Waals surface area contributed by atoms with Crippen molar-refractivity contribution in [3.8, 4) is 0 Å². The molecule has 1 amide bonds. The molecular formula is C97H203MoNO10P4S8. The minimum absolute atomic E-state index is 0. The van der Waals surface area contributed by atoms with Crippen LogP contribution in [-0.4, -0.2) is 60.6 Å². The first-order chi connectivity index (χ1) is 58.2. The Kier molecular flexibility index (Phi) is 130. The van der Waals surface area contributed by atoms with Crippen molar-refractivity contribution >= 4 is 122 Å². The number of carbonyl (C=O) groups is 1. The summed E-state index contributed by atoms with van der Waals surface area (Å²) < 4.78 is 22.1. The summed E-state index contributed by atoms with van der Waals surface area (Å²) >= 11 is 26.3. The fraction of sp³-hybridized carbons (Fsp3) is 0.990. The van der Waals surface area contributed by atoms with Gasteiger partial charge in [0.05, 0.1) is 26.4 Å². The molecule has 4 unspecified atom stereocenters. The Morgan fingerprint density at radius 1 is 0.215 bits per heavy atom. The Balaban J connectivity index is -0.000000357. The van der Waals surface area contributed by atoms with Crippen molar-refractivity contribution in [2.45, 2.75) is 569 Å². The first kappa shape index (κ1) is 135. The van der Waals surface area contributed by atoms with Crippen molar-refractivity contribution in [1.82, 2.24) is 0 Å². The summed E-state index contributed by atoms with van der Waals surface area (Å²) in [6, 6.07) is 0. The molecule has 0 bridgehead atoms. The van der Waals surface area contributed by atoms with Crippen LogP contribution in [0.25, 0.3) is 0 Å². The molecule has 121 heavy (non-hydrogen) atoms. The van der Waals surface area contributed by atoms with Gasteiger partial charge in [0.1, 0.15) is 0 Å². The van der Waals surface area contributed by atoms with Crippen molar-refractivity contribution in [2.75, 3.05) is 49.4 Å². The van der Waals surface area contributed by atoms with E-state index in [-0.39, 0.29) is 21.1 Å². The smallest absolute Gasteiger partial charge is 0.793 e. The zero-order valence-corrected chi connectivity index (χ0v) is 93.0. The van der Waals surface area contributed by atoms with Gasteiger partial charge < -0.3 is 48.5 Å². The van der Waals surface area contributed by atoms with Gasteiger partial charge in [-0.1, -0.05) is 565 Å². The fourth-order valence-electron chi connectivity index (χ4n) is 14.3. The summed E-state index contributed by atoms with van der Waals surface area (Å²) in [5, 5.41) is 7.19. The zero-order valence-electron chi connectivity index (χ0n) is 80.9. The van der Waals surface area contributed by atoms with Crippen LogP contribution in [0, 0.1) is 0 Å². The van der Waals surface area contributed by atoms with Crippen LogP contribution >= 0.6 is 68.3 Å². The van der Waals surface area contributed by atoms with Gasteiger partial charge >= 0.3 is 27.2 Å². The van der Waals surface area contributed by atoms with E-state index in [4.69, 9.17) is 75.2 Å². The van der Waals surface area contributed by atoms with Crippen molar-refractivity contribution in [1.29, 1.82) is 0 Å². The van der Waals surface area contributed by atoms with Crippen LogP contribution in [0.15, 0.2) is 0 Å². The average Bonchev–Trinajstić information content (AvgIpc) is 0.958. The summed E-state index contributed by atoms with van der Waals surface area (Å²) in [5.41, 5.74) is -7.36. The van der Waals surface area contributed by atoms with Crippen molar-refractivity contribution in [3.63, 3.8) is 0 Å². The Morgan fingerprint density at radius 2 is 0.298 bits per heavy atom. The number of primary amides is 1. The minimum Gasteiger partial charge on any atom is -0.793 e. The normalized spacial score (nSPS) is 13.3. The van der Waals surface area contributed by atoms with E-state index in [1.165, 1.54) is 508 Å². The molecule has 0 spiro atoms. The molecule has 24 heteroatoms. The molecule has 0 aromatic heterocycles. The van der Waals surface area contributed by atoms with Gasteiger partial charge in [0.2, 0.25) is 0 Å². The summed E-state index contributed by atoms with van der Waals surface area (Å²) in [7, 11) is 0. The van der Waals surface area contributed by atoms with Crippen molar-refractivity contribution in [2.24, 2.45) is 5.73 Å². The maximum Gasteiger partial charge on any atom is 4.00 e. The summed E-state index contributed by atoms with van der Waals surface area (Å²) in [5.74, 6) is 3.54. The third kappa shape index (κ3) is 137. The molecule has 0 fully saturated rings. The first-order valence-corrected chi connectivity index (χ1v) is 68.5. The standard InChI is InChI=1S/4C24H51O2PS2.CH3NO2.Mo/c4*1-3-5-7-9-11-13-15-17-19-21-23-26-27(25,28)29-24-22-20-18-16-14-12-10-8-6-4-2;2-1(3)4;/h4*3-24H2,1-2H3,(H,25,28);2H2,(H,3,4);/q;;;;;+4/p-4. The van der Waals surface area contributed by atoms with Gasteiger partial charge in [-0.15, -0.1) is 45.5 Å². The SMILES string of the molecule is CCCCCCCCCCCCOP([O-])(=S)SCCCCCCCCCCCC.CCCCCCCCCCCCOP([O-])(=S)SCCCCCCCCCCCC.CCCCCCCCCCCCOP([O-])(=S)SCCCCCCCCCCCC.CCCCCCCCCCCCOP([O-])(=S)SCCCCCCCCCCCC.NC(=O)O.[Mo+4]. The predicted molar refractivity (Wildman–Crippen MR) is 558 cm³/mol. The van der Waals surface area contributed by atoms with Crippen LogP contribution in [0.1, 0.15) is 569 Å². The number of carboxylic acid groups (broad SMARTS) is 1. The summed E-state index contributed by atoms with van der Waals surface area (Å²) in [4.78, 5) is 57.9. The molecule has 0 aromatic rings. The molecule has 0 radical (unpaired) electrons. The number of unbranched alkanes of at least 4 members (excludes halogenated alkanes) is 72. The average molecular weight is 2020 g/mol. The minimum atomic E-state index is -2.85. The van der Waals surface area contributed by atoms with Gasteiger partial charge in [-0.25, -0.2) is 4.79 Å². The second-order valence-electron chi connectivity index (χ2n) is 34.2. The van der Waals surface area contributed by atoms with E-state index in [2.05, 4.69) is 61.1 Å². The molecular weight excluding hydrogens is 1820 g/mol. The van der Waals surface area contributed by atoms with Crippen LogP contribution in [-0.2, 0) is 86.4 Å². The van der Waals surface area contributed by atoms with E-state index in [0.717, 1.165) is 74.4 Å². The van der Waals surface area contributed by atoms with Crippen molar-refractivity contribution in [3.05, 3.63) is 0 Å². The zero-order chi connectivity index (χ0) is 89.5. The van der Waals surface area contributed by atoms with Crippen LogP contribution in [0.2, 0.25) is 0 Å². The molecule has 0 saturated carbocycles. The molecule has 11 nitrogen and oxygen atoms in total. The molecule has 0 aliphatic rings. The van der Waals surface area contributed by atoms with E-state index >= 15 is 0 Å². The van der Waals surface area contributed by atoms with Gasteiger partial charge in [0.15, 0.2) is 0 Å². The Hall–Kier alpha value is 3.64. The number of amides is 1. The second kappa shape index (κ2) is 116. The quantitative estimate of drug-likeness (QED) is 0.0331. The molecule has 0 heterocycles. The third-order valence-corrected chi connectivity index (χ3v) is 39.4. The topological polar surface area (TPSA) is 192 Å². The van der Waals surface area contributed by atoms with E-state index in [0.29, 0.717) is 26.4 Å². The second-order valence-corrected chi connectivity index (χ2v) is 58.9. The summed E-state index contributed by atoms with van der Waals surface area (Å²) in [6.45, 7) is 20.4. The van der Waals surface area contributed by atoms with Gasteiger partial charge in [-0.05, 0) is 74.4 Å². The molecule has 3 N–H and O–H groups in total. The molecule has 0 saturated heterocycles. The van der Waals surface area contributed by atoms with Crippen LogP contribution < -0.4 is 25.3 Å². The Bertz CT molecular complexity index is 1740. The predicted octanol–water partition coefficient (Wildman–Crippen LogP) is 36.3. The molecule has 0 aromatic carbocycles. The van der Waals surface area contributed by atoms with E-state index in [1.54, 1.807) is 0 Å². The van der Waals surface area contributed by atoms with Gasteiger partial charge in [-0.3, -0.25) is 0 Å². The molecule has 0 aliphatic carbocycles.